The van der Waals surface area contributed by atoms with Crippen LogP contribution in [-0.4, -0.2) is 72.9 Å². The molecule has 4 fully saturated rings. The van der Waals surface area contributed by atoms with Crippen LogP contribution >= 0.6 is 23.1 Å². The number of nitrogens with zero attached hydrogens (tertiary/aromatic N) is 2. The number of fused-ring (bicyclic) bond motifs is 9. The fraction of sp³-hybridized carbons (Fsp3) is 0.438. The molecule has 4 heterocycles. The number of ether oxygens (including phenoxy) is 3. The smallest absolute Gasteiger partial charge is 0.305 e. The lowest BCUT2D eigenvalue weighted by molar-refractivity contribution is -0.137. The van der Waals surface area contributed by atoms with Gasteiger partial charge in [-0.15, -0.1) is 11.8 Å². The van der Waals surface area contributed by atoms with Crippen molar-refractivity contribution in [3.63, 3.8) is 0 Å². The van der Waals surface area contributed by atoms with Crippen molar-refractivity contribution in [3.05, 3.63) is 68.6 Å². The number of H-pyrrole nitrogens is 1. The highest BCUT2D eigenvalue weighted by atomic mass is 32.2. The normalized spacial score (nSPS) is 30.2. The Morgan fingerprint density at radius 2 is 1.73 bits per heavy atom. The number of aromatic nitrogens is 1. The van der Waals surface area contributed by atoms with Gasteiger partial charge in [0, 0.05) is 34.7 Å². The molecule has 0 radical (unpaired) electrons. The Labute approximate surface area is 261 Å². The maximum Gasteiger partial charge on any atom is 0.305 e. The minimum Gasteiger partial charge on any atom is -0.497 e. The number of benzene rings is 2. The second-order valence-corrected chi connectivity index (χ2v) is 14.2. The van der Waals surface area contributed by atoms with Gasteiger partial charge in [0.15, 0.2) is 6.61 Å². The molecule has 4 unspecified atom stereocenters. The van der Waals surface area contributed by atoms with Crippen LogP contribution < -0.4 is 19.2 Å². The summed E-state index contributed by atoms with van der Waals surface area (Å²) in [5, 5.41) is 0.887. The zero-order chi connectivity index (χ0) is 30.1. The lowest BCUT2D eigenvalue weighted by Gasteiger charge is -2.43. The number of aromatic amines is 1. The topological polar surface area (TPSA) is 118 Å². The Morgan fingerprint density at radius 1 is 1.00 bits per heavy atom. The molecule has 1 aromatic heterocycles. The summed E-state index contributed by atoms with van der Waals surface area (Å²) >= 11 is 2.85. The summed E-state index contributed by atoms with van der Waals surface area (Å²) < 4.78 is 16.9. The zero-order valence-corrected chi connectivity index (χ0v) is 25.6. The number of amides is 3. The van der Waals surface area contributed by atoms with Crippen molar-refractivity contribution in [2.75, 3.05) is 44.9 Å². The molecule has 0 spiro atoms. The van der Waals surface area contributed by atoms with Crippen molar-refractivity contribution < 1.29 is 28.6 Å². The molecule has 44 heavy (non-hydrogen) atoms. The van der Waals surface area contributed by atoms with E-state index in [0.29, 0.717) is 43.5 Å². The van der Waals surface area contributed by atoms with Gasteiger partial charge in [-0.1, -0.05) is 29.5 Å². The number of thiazole rings is 1. The van der Waals surface area contributed by atoms with Gasteiger partial charge in [-0.25, -0.2) is 0 Å². The second-order valence-electron chi connectivity index (χ2n) is 12.0. The molecule has 2 saturated carbocycles. The summed E-state index contributed by atoms with van der Waals surface area (Å²) in [6.45, 7) is 2.02. The Hall–Kier alpha value is -3.61. The summed E-state index contributed by atoms with van der Waals surface area (Å²) in [5.41, 5.74) is 1.47. The van der Waals surface area contributed by atoms with Crippen LogP contribution in [-0.2, 0) is 19.1 Å². The molecule has 12 heteroatoms. The molecule has 5 aliphatic rings. The van der Waals surface area contributed by atoms with Crippen LogP contribution in [0.3, 0.4) is 0 Å². The molecule has 10 nitrogen and oxygen atoms in total. The highest BCUT2D eigenvalue weighted by Crippen LogP contribution is 2.69. The number of nitrogens with one attached hydrogen (secondary N) is 1. The Morgan fingerprint density at radius 3 is 2.48 bits per heavy atom. The number of carbonyl (C=O) groups is 3. The first-order chi connectivity index (χ1) is 21.4. The largest absolute Gasteiger partial charge is 0.497 e. The number of hydrogen-bond donors (Lipinski definition) is 1. The zero-order valence-electron chi connectivity index (χ0n) is 24.0. The molecule has 3 amide bonds. The Kier molecular flexibility index (Phi) is 6.84. The van der Waals surface area contributed by atoms with E-state index in [-0.39, 0.29) is 64.0 Å². The first kappa shape index (κ1) is 27.9. The van der Waals surface area contributed by atoms with E-state index in [0.717, 1.165) is 21.9 Å². The maximum atomic E-state index is 14.0. The SMILES string of the molecule is COc1ccc(N2C(=O)C3C(C2=O)[C@@H]2C[C@H]3C3Sc4[nH]c(=O)sc4[C@H](c4ccccc4OCC(=O)N4CCOCC4)C32)cc1. The van der Waals surface area contributed by atoms with E-state index >= 15 is 0 Å². The predicted molar refractivity (Wildman–Crippen MR) is 163 cm³/mol. The van der Waals surface area contributed by atoms with Gasteiger partial charge in [0.2, 0.25) is 11.8 Å². The first-order valence-electron chi connectivity index (χ1n) is 14.9. The second kappa shape index (κ2) is 10.8. The summed E-state index contributed by atoms with van der Waals surface area (Å²) in [7, 11) is 1.58. The van der Waals surface area contributed by atoms with Crippen molar-refractivity contribution in [2.24, 2.45) is 29.6 Å². The average molecular weight is 634 g/mol. The van der Waals surface area contributed by atoms with Crippen LogP contribution in [0.1, 0.15) is 22.8 Å². The predicted octanol–water partition coefficient (Wildman–Crippen LogP) is 3.36. The van der Waals surface area contributed by atoms with Crippen LogP contribution in [0.2, 0.25) is 0 Å². The van der Waals surface area contributed by atoms with E-state index < -0.39 is 5.92 Å². The van der Waals surface area contributed by atoms with E-state index in [1.807, 2.05) is 24.3 Å². The third kappa shape index (κ3) is 4.25. The molecule has 7 atom stereocenters. The first-order valence-corrected chi connectivity index (χ1v) is 16.6. The number of para-hydroxylation sites is 1. The van der Waals surface area contributed by atoms with Gasteiger partial charge in [-0.05, 0) is 54.5 Å². The fourth-order valence-corrected chi connectivity index (χ4v) is 11.1. The molecule has 8 rings (SSSR count). The Balaban J connectivity index is 1.14. The van der Waals surface area contributed by atoms with Crippen molar-refractivity contribution in [3.8, 4) is 11.5 Å². The quantitative estimate of drug-likeness (QED) is 0.411. The van der Waals surface area contributed by atoms with Crippen molar-refractivity contribution >= 4 is 46.5 Å². The van der Waals surface area contributed by atoms with Gasteiger partial charge in [0.1, 0.15) is 11.5 Å². The Bertz CT molecular complexity index is 1700. The number of anilines is 1. The summed E-state index contributed by atoms with van der Waals surface area (Å²) in [4.78, 5) is 60.5. The van der Waals surface area contributed by atoms with E-state index in [9.17, 15) is 19.2 Å². The summed E-state index contributed by atoms with van der Waals surface area (Å²) in [5.74, 6) is -0.103. The molecule has 1 N–H and O–H groups in total. The van der Waals surface area contributed by atoms with Gasteiger partial charge in [-0.3, -0.25) is 24.1 Å². The standard InChI is InChI=1S/C32H31N3O7S2/c1-40-17-8-6-16(7-9-17)35-30(37)25-19-14-20(26(25)31(35)38)27-24(19)23(28-29(43-27)33-32(39)44-28)18-4-2-3-5-21(18)42-15-22(36)34-10-12-41-13-11-34/h2-9,19-20,23-27H,10-15H2,1H3,(H,33,39)/t19-,20-,23-,24?,25?,26?,27?/m1/s1. The minimum atomic E-state index is -0.410. The molecule has 228 valence electrons. The number of hydrogen-bond acceptors (Lipinski definition) is 9. The van der Waals surface area contributed by atoms with Crippen molar-refractivity contribution in [1.82, 2.24) is 9.88 Å². The van der Waals surface area contributed by atoms with Crippen molar-refractivity contribution in [1.29, 1.82) is 0 Å². The number of thioether (sulfide) groups is 1. The van der Waals surface area contributed by atoms with E-state index in [2.05, 4.69) is 4.98 Å². The third-order valence-electron chi connectivity index (χ3n) is 10.0. The van der Waals surface area contributed by atoms with Crippen LogP contribution in [0.4, 0.5) is 5.69 Å². The van der Waals surface area contributed by atoms with Crippen LogP contribution in [0.5, 0.6) is 11.5 Å². The van der Waals surface area contributed by atoms with Gasteiger partial charge in [-0.2, -0.15) is 0 Å². The number of carbonyl (C=O) groups excluding carboxylic acids is 3. The molecule has 2 bridgehead atoms. The highest BCUT2D eigenvalue weighted by Gasteiger charge is 2.69. The van der Waals surface area contributed by atoms with E-state index in [4.69, 9.17) is 14.2 Å². The molecule has 2 saturated heterocycles. The van der Waals surface area contributed by atoms with Crippen molar-refractivity contribution in [2.45, 2.75) is 22.6 Å². The third-order valence-corrected chi connectivity index (χ3v) is 12.6. The number of imide groups is 1. The van der Waals surface area contributed by atoms with Crippen LogP contribution in [0.25, 0.3) is 0 Å². The summed E-state index contributed by atoms with van der Waals surface area (Å²) in [6, 6.07) is 14.8. The van der Waals surface area contributed by atoms with E-state index in [1.165, 1.54) is 16.2 Å². The molecular formula is C32H31N3O7S2. The monoisotopic (exact) mass is 633 g/mol. The van der Waals surface area contributed by atoms with E-state index in [1.54, 1.807) is 48.0 Å². The lowest BCUT2D eigenvalue weighted by atomic mass is 9.68. The maximum absolute atomic E-state index is 14.0. The highest BCUT2D eigenvalue weighted by molar-refractivity contribution is 8.00. The number of morpholine rings is 1. The molecular weight excluding hydrogens is 603 g/mol. The van der Waals surface area contributed by atoms with Gasteiger partial charge in [0.25, 0.3) is 5.91 Å². The van der Waals surface area contributed by atoms with Crippen LogP contribution in [0, 0.1) is 29.6 Å². The summed E-state index contributed by atoms with van der Waals surface area (Å²) in [6.07, 6.45) is 0.791. The van der Waals surface area contributed by atoms with Gasteiger partial charge >= 0.3 is 4.87 Å². The molecule has 3 aromatic rings. The molecule has 3 aliphatic heterocycles. The minimum absolute atomic E-state index is 0.00901. The average Bonchev–Trinajstić information content (AvgIpc) is 3.79. The van der Waals surface area contributed by atoms with Gasteiger partial charge in [0.05, 0.1) is 42.9 Å². The van der Waals surface area contributed by atoms with Gasteiger partial charge < -0.3 is 24.1 Å². The number of methoxy groups -OCH3 is 1. The lowest BCUT2D eigenvalue weighted by Crippen LogP contribution is -2.43. The molecule has 2 aliphatic carbocycles. The van der Waals surface area contributed by atoms with Crippen LogP contribution in [0.15, 0.2) is 58.4 Å². The fourth-order valence-electron chi connectivity index (χ4n) is 8.26. The molecule has 2 aromatic carbocycles. The number of rotatable bonds is 6.